The number of aromatic amines is 1. The Morgan fingerprint density at radius 1 is 1.21 bits per heavy atom. The molecule has 0 unspecified atom stereocenters. The van der Waals surface area contributed by atoms with Crippen molar-refractivity contribution in [3.63, 3.8) is 0 Å². The first kappa shape index (κ1) is 15.4. The smallest absolute Gasteiger partial charge is 0.206 e. The van der Waals surface area contributed by atoms with Gasteiger partial charge in [0.15, 0.2) is 0 Å². The summed E-state index contributed by atoms with van der Waals surface area (Å²) < 4.78 is 26.3. The summed E-state index contributed by atoms with van der Waals surface area (Å²) >= 11 is 0. The fourth-order valence-corrected chi connectivity index (χ4v) is 4.84. The Kier molecular flexibility index (Phi) is 3.66. The second kappa shape index (κ2) is 5.72. The fraction of sp³-hybridized carbons (Fsp3) is 0.278. The molecule has 0 aliphatic carbocycles. The summed E-state index contributed by atoms with van der Waals surface area (Å²) in [5, 5.41) is 3.28. The highest BCUT2D eigenvalue weighted by atomic mass is 32.2. The molecule has 2 N–H and O–H groups in total. The maximum Gasteiger partial charge on any atom is 0.206 e. The molecule has 6 heteroatoms. The topological polar surface area (TPSA) is 74.8 Å². The number of sulfone groups is 1. The summed E-state index contributed by atoms with van der Waals surface area (Å²) in [5.74, 6) is 0.864. The van der Waals surface area contributed by atoms with Crippen LogP contribution in [0.15, 0.2) is 46.2 Å². The molecule has 2 aromatic carbocycles. The standard InChI is InChI=1S/C18H19N3O2S/c1-2-18-20-15-7-6-13(10-16(15)21-18)24(22,23)17-5-3-4-12-11-19-9-8-14(12)17/h3-7,10,19H,2,8-9,11H2,1H3,(H,20,21). The summed E-state index contributed by atoms with van der Waals surface area (Å²) in [7, 11) is -3.54. The average molecular weight is 341 g/mol. The third-order valence-corrected chi connectivity index (χ3v) is 6.37. The molecular formula is C18H19N3O2S. The summed E-state index contributed by atoms with van der Waals surface area (Å²) in [4.78, 5) is 8.36. The van der Waals surface area contributed by atoms with Gasteiger partial charge in [0, 0.05) is 13.0 Å². The molecule has 0 saturated carbocycles. The largest absolute Gasteiger partial charge is 0.342 e. The summed E-state index contributed by atoms with van der Waals surface area (Å²) in [6.45, 7) is 3.54. The summed E-state index contributed by atoms with van der Waals surface area (Å²) in [6.07, 6.45) is 1.52. The van der Waals surface area contributed by atoms with Crippen molar-refractivity contribution < 1.29 is 8.42 Å². The zero-order valence-electron chi connectivity index (χ0n) is 13.5. The number of fused-ring (bicyclic) bond motifs is 2. The van der Waals surface area contributed by atoms with Crippen LogP contribution in [0.2, 0.25) is 0 Å². The van der Waals surface area contributed by atoms with Gasteiger partial charge in [0.2, 0.25) is 9.84 Å². The second-order valence-electron chi connectivity index (χ2n) is 6.04. The highest BCUT2D eigenvalue weighted by Gasteiger charge is 2.24. The number of hydrogen-bond acceptors (Lipinski definition) is 4. The van der Waals surface area contributed by atoms with Crippen molar-refractivity contribution in [3.8, 4) is 0 Å². The van der Waals surface area contributed by atoms with E-state index in [4.69, 9.17) is 0 Å². The molecule has 3 aromatic rings. The number of nitrogens with zero attached hydrogens (tertiary/aromatic N) is 1. The molecule has 0 bridgehead atoms. The van der Waals surface area contributed by atoms with E-state index in [1.54, 1.807) is 24.3 Å². The van der Waals surface area contributed by atoms with Gasteiger partial charge in [-0.05, 0) is 48.4 Å². The van der Waals surface area contributed by atoms with Crippen LogP contribution in [0.3, 0.4) is 0 Å². The van der Waals surface area contributed by atoms with Crippen molar-refractivity contribution >= 4 is 20.9 Å². The number of aryl methyl sites for hydroxylation is 1. The molecule has 0 amide bonds. The Hall–Kier alpha value is -2.18. The van der Waals surface area contributed by atoms with E-state index in [1.165, 1.54) is 0 Å². The van der Waals surface area contributed by atoms with Crippen molar-refractivity contribution in [1.82, 2.24) is 15.3 Å². The maximum atomic E-state index is 13.2. The minimum atomic E-state index is -3.54. The quantitative estimate of drug-likeness (QED) is 0.768. The number of nitrogens with one attached hydrogen (secondary N) is 2. The van der Waals surface area contributed by atoms with Gasteiger partial charge in [-0.15, -0.1) is 0 Å². The van der Waals surface area contributed by atoms with E-state index >= 15 is 0 Å². The summed E-state index contributed by atoms with van der Waals surface area (Å²) in [5.41, 5.74) is 3.57. The molecule has 2 heterocycles. The van der Waals surface area contributed by atoms with Gasteiger partial charge in [0.25, 0.3) is 0 Å². The molecule has 0 saturated heterocycles. The van der Waals surface area contributed by atoms with Gasteiger partial charge in [0.1, 0.15) is 5.82 Å². The first-order valence-electron chi connectivity index (χ1n) is 8.15. The lowest BCUT2D eigenvalue weighted by Crippen LogP contribution is -2.25. The lowest BCUT2D eigenvalue weighted by molar-refractivity contribution is 0.589. The van der Waals surface area contributed by atoms with Gasteiger partial charge in [-0.1, -0.05) is 19.1 Å². The summed E-state index contributed by atoms with van der Waals surface area (Å²) in [6, 6.07) is 10.6. The molecule has 1 aromatic heterocycles. The van der Waals surface area contributed by atoms with Crippen molar-refractivity contribution in [2.75, 3.05) is 6.54 Å². The number of imidazole rings is 1. The number of rotatable bonds is 3. The van der Waals surface area contributed by atoms with Crippen LogP contribution in [0.5, 0.6) is 0 Å². The SMILES string of the molecule is CCc1nc2ccc(S(=O)(=O)c3cccc4c3CCNC4)cc2[nH]1. The first-order chi connectivity index (χ1) is 11.6. The van der Waals surface area contributed by atoms with Crippen LogP contribution in [0.4, 0.5) is 0 Å². The third kappa shape index (κ3) is 2.42. The highest BCUT2D eigenvalue weighted by molar-refractivity contribution is 7.91. The van der Waals surface area contributed by atoms with E-state index in [1.807, 2.05) is 19.1 Å². The van der Waals surface area contributed by atoms with Gasteiger partial charge in [-0.3, -0.25) is 0 Å². The Morgan fingerprint density at radius 3 is 2.92 bits per heavy atom. The van der Waals surface area contributed by atoms with Gasteiger partial charge >= 0.3 is 0 Å². The number of benzene rings is 2. The zero-order valence-corrected chi connectivity index (χ0v) is 14.3. The molecule has 1 aliphatic heterocycles. The molecule has 24 heavy (non-hydrogen) atoms. The molecule has 0 atom stereocenters. The van der Waals surface area contributed by atoms with E-state index in [-0.39, 0.29) is 0 Å². The predicted octanol–water partition coefficient (Wildman–Crippen LogP) is 2.60. The Morgan fingerprint density at radius 2 is 2.08 bits per heavy atom. The highest BCUT2D eigenvalue weighted by Crippen LogP contribution is 2.29. The van der Waals surface area contributed by atoms with Crippen molar-refractivity contribution in [3.05, 3.63) is 53.3 Å². The normalized spacial score (nSPS) is 14.7. The van der Waals surface area contributed by atoms with Crippen LogP contribution < -0.4 is 5.32 Å². The van der Waals surface area contributed by atoms with E-state index in [9.17, 15) is 8.42 Å². The lowest BCUT2D eigenvalue weighted by Gasteiger charge is -2.20. The van der Waals surface area contributed by atoms with E-state index in [0.717, 1.165) is 53.9 Å². The fourth-order valence-electron chi connectivity index (χ4n) is 3.25. The molecule has 4 rings (SSSR count). The van der Waals surface area contributed by atoms with E-state index in [0.29, 0.717) is 9.79 Å². The number of H-pyrrole nitrogens is 1. The maximum absolute atomic E-state index is 13.2. The molecule has 1 aliphatic rings. The van der Waals surface area contributed by atoms with Crippen molar-refractivity contribution in [2.45, 2.75) is 36.1 Å². The van der Waals surface area contributed by atoms with Crippen LogP contribution in [-0.4, -0.2) is 24.9 Å². The molecule has 5 nitrogen and oxygen atoms in total. The van der Waals surface area contributed by atoms with Crippen LogP contribution in [0.1, 0.15) is 23.9 Å². The minimum absolute atomic E-state index is 0.313. The van der Waals surface area contributed by atoms with Gasteiger partial charge in [-0.25, -0.2) is 13.4 Å². The number of aromatic nitrogens is 2. The van der Waals surface area contributed by atoms with Crippen LogP contribution >= 0.6 is 0 Å². The van der Waals surface area contributed by atoms with Crippen molar-refractivity contribution in [1.29, 1.82) is 0 Å². The average Bonchev–Trinajstić information content (AvgIpc) is 3.03. The molecule has 0 fully saturated rings. The molecule has 0 spiro atoms. The first-order valence-corrected chi connectivity index (χ1v) is 9.63. The number of hydrogen-bond donors (Lipinski definition) is 2. The molecule has 0 radical (unpaired) electrons. The van der Waals surface area contributed by atoms with Crippen LogP contribution in [0, 0.1) is 0 Å². The monoisotopic (exact) mass is 341 g/mol. The Labute approximate surface area is 141 Å². The Bertz CT molecular complexity index is 1020. The third-order valence-electron chi connectivity index (χ3n) is 4.53. The van der Waals surface area contributed by atoms with Crippen LogP contribution in [-0.2, 0) is 29.2 Å². The van der Waals surface area contributed by atoms with Gasteiger partial charge in [-0.2, -0.15) is 0 Å². The minimum Gasteiger partial charge on any atom is -0.342 e. The van der Waals surface area contributed by atoms with Crippen LogP contribution in [0.25, 0.3) is 11.0 Å². The van der Waals surface area contributed by atoms with E-state index < -0.39 is 9.84 Å². The predicted molar refractivity (Wildman–Crippen MR) is 92.8 cm³/mol. The van der Waals surface area contributed by atoms with Gasteiger partial charge < -0.3 is 10.3 Å². The second-order valence-corrected chi connectivity index (χ2v) is 7.96. The lowest BCUT2D eigenvalue weighted by atomic mass is 10.0. The van der Waals surface area contributed by atoms with Crippen molar-refractivity contribution in [2.24, 2.45) is 0 Å². The molecule has 124 valence electrons. The zero-order chi connectivity index (χ0) is 16.7. The Balaban J connectivity index is 1.86. The van der Waals surface area contributed by atoms with E-state index in [2.05, 4.69) is 15.3 Å². The molecular weight excluding hydrogens is 322 g/mol. The van der Waals surface area contributed by atoms with Gasteiger partial charge in [0.05, 0.1) is 20.8 Å².